The molecule has 0 heterocycles. The number of benzene rings is 3. The van der Waals surface area contributed by atoms with Crippen molar-refractivity contribution < 1.29 is 19.1 Å². The molecule has 6 heteroatoms. The zero-order chi connectivity index (χ0) is 25.2. The van der Waals surface area contributed by atoms with Crippen LogP contribution in [0.4, 0.5) is 4.79 Å². The molecule has 0 radical (unpaired) electrons. The van der Waals surface area contributed by atoms with Crippen LogP contribution in [0, 0.1) is 12.3 Å². The normalized spacial score (nSPS) is 15.3. The molecule has 1 aliphatic carbocycles. The summed E-state index contributed by atoms with van der Waals surface area (Å²) in [5, 5.41) is 5.67. The van der Waals surface area contributed by atoms with E-state index in [1.54, 1.807) is 6.07 Å². The monoisotopic (exact) mass is 474 g/mol. The lowest BCUT2D eigenvalue weighted by Gasteiger charge is -2.31. The first-order valence-corrected chi connectivity index (χ1v) is 12.1. The van der Waals surface area contributed by atoms with E-state index in [9.17, 15) is 9.59 Å². The van der Waals surface area contributed by atoms with Crippen LogP contribution in [0.5, 0.6) is 5.75 Å². The molecule has 4 rings (SSSR count). The van der Waals surface area contributed by atoms with Crippen molar-refractivity contribution in [3.05, 3.63) is 77.4 Å². The predicted octanol–water partition coefficient (Wildman–Crippen LogP) is 5.85. The summed E-state index contributed by atoms with van der Waals surface area (Å²) in [6.07, 6.45) is 1.28. The second kappa shape index (κ2) is 9.61. The molecule has 0 bridgehead atoms. The van der Waals surface area contributed by atoms with Gasteiger partial charge in [-0.2, -0.15) is 0 Å². The molecule has 3 aromatic carbocycles. The molecule has 1 aliphatic rings. The Morgan fingerprint density at radius 1 is 1.06 bits per heavy atom. The molecule has 1 saturated carbocycles. The average molecular weight is 475 g/mol. The Kier molecular flexibility index (Phi) is 6.75. The van der Waals surface area contributed by atoms with Gasteiger partial charge >= 0.3 is 6.09 Å². The first kappa shape index (κ1) is 24.6. The van der Waals surface area contributed by atoms with Crippen LogP contribution in [-0.2, 0) is 10.3 Å². The maximum absolute atomic E-state index is 13.5. The summed E-state index contributed by atoms with van der Waals surface area (Å²) >= 11 is 0. The SMILES string of the molecule is Cc1ccc(OC(CCOC(N)=O)C(C)(C)C)cc1C(=O)NC1(c2cccc3ccccc23)CC1. The highest BCUT2D eigenvalue weighted by Gasteiger charge is 2.46. The fraction of sp³-hybridized carbons (Fsp3) is 0.379. The molecule has 0 spiro atoms. The van der Waals surface area contributed by atoms with Crippen molar-refractivity contribution in [1.82, 2.24) is 5.32 Å². The Balaban J connectivity index is 1.54. The maximum Gasteiger partial charge on any atom is 0.404 e. The summed E-state index contributed by atoms with van der Waals surface area (Å²) in [7, 11) is 0. The number of primary amides is 1. The second-order valence-electron chi connectivity index (χ2n) is 10.5. The second-order valence-corrected chi connectivity index (χ2v) is 10.5. The van der Waals surface area contributed by atoms with Crippen LogP contribution in [0.3, 0.4) is 0 Å². The van der Waals surface area contributed by atoms with Gasteiger partial charge in [-0.1, -0.05) is 69.3 Å². The lowest BCUT2D eigenvalue weighted by molar-refractivity contribution is 0.0558. The summed E-state index contributed by atoms with van der Waals surface area (Å²) in [6, 6.07) is 20.1. The number of aryl methyl sites for hydroxylation is 1. The number of nitrogens with two attached hydrogens (primary N) is 1. The van der Waals surface area contributed by atoms with Crippen LogP contribution < -0.4 is 15.8 Å². The van der Waals surface area contributed by atoms with Crippen LogP contribution in [0.25, 0.3) is 10.8 Å². The van der Waals surface area contributed by atoms with Crippen LogP contribution >= 0.6 is 0 Å². The summed E-state index contributed by atoms with van der Waals surface area (Å²) in [5.74, 6) is 0.498. The molecule has 1 unspecified atom stereocenters. The average Bonchev–Trinajstić information content (AvgIpc) is 3.58. The van der Waals surface area contributed by atoms with Gasteiger partial charge < -0.3 is 20.5 Å². The van der Waals surface area contributed by atoms with Crippen molar-refractivity contribution in [2.24, 2.45) is 11.1 Å². The first-order chi connectivity index (χ1) is 16.6. The van der Waals surface area contributed by atoms with Gasteiger partial charge in [-0.3, -0.25) is 4.79 Å². The van der Waals surface area contributed by atoms with Gasteiger partial charge in [0, 0.05) is 12.0 Å². The van der Waals surface area contributed by atoms with E-state index in [0.29, 0.717) is 17.7 Å². The van der Waals surface area contributed by atoms with Crippen LogP contribution in [0.2, 0.25) is 0 Å². The molecular weight excluding hydrogens is 440 g/mol. The van der Waals surface area contributed by atoms with E-state index >= 15 is 0 Å². The third kappa shape index (κ3) is 5.59. The Morgan fingerprint density at radius 3 is 2.46 bits per heavy atom. The summed E-state index contributed by atoms with van der Waals surface area (Å²) in [4.78, 5) is 24.4. The Labute approximate surface area is 206 Å². The summed E-state index contributed by atoms with van der Waals surface area (Å²) < 4.78 is 11.2. The lowest BCUT2D eigenvalue weighted by Crippen LogP contribution is -2.36. The minimum atomic E-state index is -0.799. The highest BCUT2D eigenvalue weighted by molar-refractivity contribution is 5.97. The molecule has 0 aromatic heterocycles. The maximum atomic E-state index is 13.5. The number of hydrogen-bond donors (Lipinski definition) is 2. The molecule has 184 valence electrons. The van der Waals surface area contributed by atoms with Crippen molar-refractivity contribution >= 4 is 22.8 Å². The van der Waals surface area contributed by atoms with Crippen molar-refractivity contribution in [1.29, 1.82) is 0 Å². The molecule has 1 atom stereocenters. The largest absolute Gasteiger partial charge is 0.490 e. The van der Waals surface area contributed by atoms with E-state index in [2.05, 4.69) is 56.4 Å². The number of nitrogens with one attached hydrogen (secondary N) is 1. The molecule has 1 fully saturated rings. The van der Waals surface area contributed by atoms with Gasteiger partial charge in [0.15, 0.2) is 0 Å². The highest BCUT2D eigenvalue weighted by Crippen LogP contribution is 2.48. The van der Waals surface area contributed by atoms with E-state index in [-0.39, 0.29) is 29.6 Å². The Hall–Kier alpha value is -3.54. The number of fused-ring (bicyclic) bond motifs is 1. The fourth-order valence-electron chi connectivity index (χ4n) is 4.53. The van der Waals surface area contributed by atoms with Crippen LogP contribution in [-0.4, -0.2) is 24.7 Å². The van der Waals surface area contributed by atoms with Crippen molar-refractivity contribution in [3.8, 4) is 5.75 Å². The van der Waals surface area contributed by atoms with Gasteiger partial charge in [0.1, 0.15) is 11.9 Å². The zero-order valence-electron chi connectivity index (χ0n) is 20.9. The van der Waals surface area contributed by atoms with Crippen LogP contribution in [0.1, 0.15) is 61.5 Å². The molecule has 0 saturated heterocycles. The number of carbonyl (C=O) groups is 2. The molecule has 35 heavy (non-hydrogen) atoms. The van der Waals surface area contributed by atoms with E-state index in [1.165, 1.54) is 10.8 Å². The fourth-order valence-corrected chi connectivity index (χ4v) is 4.53. The molecule has 3 N–H and O–H groups in total. The molecule has 6 nitrogen and oxygen atoms in total. The minimum absolute atomic E-state index is 0.109. The third-order valence-corrected chi connectivity index (χ3v) is 6.73. The minimum Gasteiger partial charge on any atom is -0.490 e. The number of amides is 2. The molecular formula is C29H34N2O4. The van der Waals surface area contributed by atoms with Gasteiger partial charge in [-0.25, -0.2) is 4.79 Å². The number of rotatable bonds is 8. The zero-order valence-corrected chi connectivity index (χ0v) is 20.9. The number of ether oxygens (including phenoxy) is 2. The van der Waals surface area contributed by atoms with Crippen molar-refractivity contribution in [2.75, 3.05) is 6.61 Å². The standard InChI is InChI=1S/C29H34N2O4/c1-19-12-13-21(35-25(28(2,3)4)14-17-34-27(30)33)18-23(19)26(32)31-29(15-16-29)24-11-7-9-20-8-5-6-10-22(20)24/h5-13,18,25H,14-17H2,1-4H3,(H2,30,33)(H,31,32). The van der Waals surface area contributed by atoms with Crippen molar-refractivity contribution in [3.63, 3.8) is 0 Å². The third-order valence-electron chi connectivity index (χ3n) is 6.73. The van der Waals surface area contributed by atoms with Gasteiger partial charge in [-0.05, 0) is 59.2 Å². The summed E-state index contributed by atoms with van der Waals surface area (Å²) in [6.45, 7) is 8.28. The summed E-state index contributed by atoms with van der Waals surface area (Å²) in [5.41, 5.74) is 7.18. The van der Waals surface area contributed by atoms with Crippen LogP contribution in [0.15, 0.2) is 60.7 Å². The predicted molar refractivity (Wildman–Crippen MR) is 138 cm³/mol. The van der Waals surface area contributed by atoms with Gasteiger partial charge in [0.05, 0.1) is 12.1 Å². The van der Waals surface area contributed by atoms with E-state index < -0.39 is 6.09 Å². The quantitative estimate of drug-likeness (QED) is 0.429. The van der Waals surface area contributed by atoms with E-state index in [4.69, 9.17) is 15.2 Å². The van der Waals surface area contributed by atoms with E-state index in [0.717, 1.165) is 24.0 Å². The topological polar surface area (TPSA) is 90.7 Å². The Bertz CT molecular complexity index is 1240. The van der Waals surface area contributed by atoms with Gasteiger partial charge in [-0.15, -0.1) is 0 Å². The molecule has 3 aromatic rings. The highest BCUT2D eigenvalue weighted by atomic mass is 16.5. The lowest BCUT2D eigenvalue weighted by atomic mass is 9.87. The first-order valence-electron chi connectivity index (χ1n) is 12.1. The number of hydrogen-bond acceptors (Lipinski definition) is 4. The Morgan fingerprint density at radius 2 is 1.77 bits per heavy atom. The van der Waals surface area contributed by atoms with Gasteiger partial charge in [0.2, 0.25) is 0 Å². The number of carbonyl (C=O) groups excluding carboxylic acids is 2. The molecule has 2 amide bonds. The smallest absolute Gasteiger partial charge is 0.404 e. The van der Waals surface area contributed by atoms with Gasteiger partial charge in [0.25, 0.3) is 5.91 Å². The van der Waals surface area contributed by atoms with E-state index in [1.807, 2.05) is 31.2 Å². The molecule has 0 aliphatic heterocycles. The van der Waals surface area contributed by atoms with Crippen molar-refractivity contribution in [2.45, 2.75) is 58.6 Å².